The molecule has 3 aromatic heterocycles. The van der Waals surface area contributed by atoms with Gasteiger partial charge in [-0.1, -0.05) is 0 Å². The minimum absolute atomic E-state index is 0.0370. The molecule has 0 saturated heterocycles. The molecule has 4 rings (SSSR count). The molecule has 0 aliphatic heterocycles. The van der Waals surface area contributed by atoms with Gasteiger partial charge < -0.3 is 20.7 Å². The number of carbonyl (C=O) groups is 1. The number of rotatable bonds is 7. The lowest BCUT2D eigenvalue weighted by Crippen LogP contribution is -2.31. The molecular formula is C18H17F3N8O3. The second kappa shape index (κ2) is 8.30. The molecule has 0 radical (unpaired) electrons. The van der Waals surface area contributed by atoms with E-state index in [1.807, 2.05) is 5.48 Å². The number of nitrogens with two attached hydrogens (primary N) is 2. The molecule has 1 aromatic carbocycles. The molecule has 0 fully saturated rings. The Morgan fingerprint density at radius 1 is 1.22 bits per heavy atom. The SMILES string of the molecule is Nc1nc2cc(-c3nn(CCCCNOC(=O)C(F)(F)F)c4ncnc(N)c34)ccc2o1. The number of alkyl halides is 3. The van der Waals surface area contributed by atoms with E-state index in [1.165, 1.54) is 6.33 Å². The summed E-state index contributed by atoms with van der Waals surface area (Å²) in [6.07, 6.45) is -2.81. The Bertz CT molecular complexity index is 1280. The fourth-order valence-corrected chi connectivity index (χ4v) is 3.11. The Morgan fingerprint density at radius 3 is 2.81 bits per heavy atom. The molecule has 0 aliphatic rings. The standard InChI is InChI=1S/C18H17F3N8O3/c19-18(20,21)16(30)32-26-5-1-2-6-29-15-12(14(22)24-8-25-15)13(28-29)9-3-4-11-10(7-9)27-17(23)31-11/h3-4,7-8,26H,1-2,5-6H2,(H2,23,27)(H2,22,24,25). The number of aryl methyl sites for hydroxylation is 1. The molecule has 11 nitrogen and oxygen atoms in total. The fourth-order valence-electron chi connectivity index (χ4n) is 3.11. The summed E-state index contributed by atoms with van der Waals surface area (Å²) in [5.41, 5.74) is 16.5. The molecule has 5 N–H and O–H groups in total. The summed E-state index contributed by atoms with van der Waals surface area (Å²) in [5.74, 6) is -2.05. The first-order valence-electron chi connectivity index (χ1n) is 9.38. The van der Waals surface area contributed by atoms with Crippen molar-refractivity contribution < 1.29 is 27.2 Å². The van der Waals surface area contributed by atoms with Gasteiger partial charge in [-0.25, -0.2) is 19.4 Å². The van der Waals surface area contributed by atoms with E-state index in [0.29, 0.717) is 52.8 Å². The zero-order valence-electron chi connectivity index (χ0n) is 16.4. The summed E-state index contributed by atoms with van der Waals surface area (Å²) < 4.78 is 43.2. The topological polar surface area (TPSA) is 160 Å². The van der Waals surface area contributed by atoms with E-state index >= 15 is 0 Å². The molecule has 168 valence electrons. The van der Waals surface area contributed by atoms with Gasteiger partial charge in [-0.3, -0.25) is 0 Å². The van der Waals surface area contributed by atoms with Gasteiger partial charge in [-0.05, 0) is 31.0 Å². The van der Waals surface area contributed by atoms with E-state index in [4.69, 9.17) is 15.9 Å². The molecule has 0 amide bonds. The van der Waals surface area contributed by atoms with Crippen LogP contribution in [0.4, 0.5) is 25.0 Å². The number of hydroxylamine groups is 1. The summed E-state index contributed by atoms with van der Waals surface area (Å²) in [4.78, 5) is 27.0. The van der Waals surface area contributed by atoms with Crippen molar-refractivity contribution in [1.82, 2.24) is 30.2 Å². The summed E-state index contributed by atoms with van der Waals surface area (Å²) in [7, 11) is 0. The predicted molar refractivity (Wildman–Crippen MR) is 107 cm³/mol. The van der Waals surface area contributed by atoms with E-state index in [-0.39, 0.29) is 18.4 Å². The minimum atomic E-state index is -5.04. The number of nitrogens with one attached hydrogen (secondary N) is 1. The number of hydrogen-bond acceptors (Lipinski definition) is 10. The summed E-state index contributed by atoms with van der Waals surface area (Å²) in [5, 5.41) is 5.16. The molecule has 0 saturated carbocycles. The lowest BCUT2D eigenvalue weighted by atomic mass is 10.1. The highest BCUT2D eigenvalue weighted by atomic mass is 19.4. The third-order valence-electron chi connectivity index (χ3n) is 4.53. The number of nitrogen functional groups attached to an aromatic ring is 2. The van der Waals surface area contributed by atoms with Crippen molar-refractivity contribution in [2.45, 2.75) is 25.6 Å². The van der Waals surface area contributed by atoms with Gasteiger partial charge in [0.05, 0.1) is 5.39 Å². The fraction of sp³-hybridized carbons (Fsp3) is 0.278. The van der Waals surface area contributed by atoms with Crippen molar-refractivity contribution in [2.24, 2.45) is 0 Å². The van der Waals surface area contributed by atoms with Crippen LogP contribution in [0.25, 0.3) is 33.4 Å². The van der Waals surface area contributed by atoms with Crippen LogP contribution in [0.1, 0.15) is 12.8 Å². The number of unbranched alkanes of at least 4 members (excludes halogenated alkanes) is 1. The van der Waals surface area contributed by atoms with Gasteiger partial charge in [0.25, 0.3) is 6.01 Å². The van der Waals surface area contributed by atoms with E-state index in [2.05, 4.69) is 24.9 Å². The van der Waals surface area contributed by atoms with Crippen molar-refractivity contribution in [2.75, 3.05) is 18.0 Å². The second-order valence-corrected chi connectivity index (χ2v) is 6.75. The highest BCUT2D eigenvalue weighted by molar-refractivity contribution is 5.99. The molecule has 32 heavy (non-hydrogen) atoms. The molecule has 4 aromatic rings. The molecule has 3 heterocycles. The first kappa shape index (κ1) is 21.3. The van der Waals surface area contributed by atoms with E-state index in [9.17, 15) is 18.0 Å². The van der Waals surface area contributed by atoms with Crippen LogP contribution in [-0.4, -0.2) is 43.4 Å². The van der Waals surface area contributed by atoms with Crippen LogP contribution in [0.15, 0.2) is 28.9 Å². The number of benzene rings is 1. The van der Waals surface area contributed by atoms with Gasteiger partial charge >= 0.3 is 12.1 Å². The van der Waals surface area contributed by atoms with Crippen LogP contribution in [0, 0.1) is 0 Å². The van der Waals surface area contributed by atoms with Crippen molar-refractivity contribution in [3.8, 4) is 11.3 Å². The normalized spacial score (nSPS) is 12.0. The van der Waals surface area contributed by atoms with Gasteiger partial charge in [-0.2, -0.15) is 28.7 Å². The van der Waals surface area contributed by atoms with Gasteiger partial charge in [-0.15, -0.1) is 0 Å². The Balaban J connectivity index is 1.49. The Labute approximate surface area is 177 Å². The monoisotopic (exact) mass is 450 g/mol. The van der Waals surface area contributed by atoms with Crippen molar-refractivity contribution >= 4 is 39.9 Å². The van der Waals surface area contributed by atoms with E-state index in [1.54, 1.807) is 22.9 Å². The third kappa shape index (κ3) is 4.25. The Hall–Kier alpha value is -3.94. The largest absolute Gasteiger partial charge is 0.492 e. The number of anilines is 2. The van der Waals surface area contributed by atoms with Crippen molar-refractivity contribution in [1.29, 1.82) is 0 Å². The Kier molecular flexibility index (Phi) is 5.52. The minimum Gasteiger partial charge on any atom is -0.424 e. The average Bonchev–Trinajstić information content (AvgIpc) is 3.29. The quantitative estimate of drug-likeness (QED) is 0.281. The third-order valence-corrected chi connectivity index (χ3v) is 4.53. The zero-order chi connectivity index (χ0) is 22.9. The highest BCUT2D eigenvalue weighted by Gasteiger charge is 2.41. The zero-order valence-corrected chi connectivity index (χ0v) is 16.4. The first-order valence-corrected chi connectivity index (χ1v) is 9.38. The van der Waals surface area contributed by atoms with Gasteiger partial charge in [0.2, 0.25) is 0 Å². The van der Waals surface area contributed by atoms with E-state index < -0.39 is 12.1 Å². The van der Waals surface area contributed by atoms with E-state index in [0.717, 1.165) is 0 Å². The second-order valence-electron chi connectivity index (χ2n) is 6.75. The number of halogens is 3. The number of oxazole rings is 1. The molecule has 0 spiro atoms. The lowest BCUT2D eigenvalue weighted by Gasteiger charge is -2.07. The van der Waals surface area contributed by atoms with Crippen LogP contribution in [0.3, 0.4) is 0 Å². The van der Waals surface area contributed by atoms with Crippen LogP contribution >= 0.6 is 0 Å². The van der Waals surface area contributed by atoms with Crippen molar-refractivity contribution in [3.05, 3.63) is 24.5 Å². The first-order chi connectivity index (χ1) is 15.2. The smallest absolute Gasteiger partial charge is 0.424 e. The maximum absolute atomic E-state index is 12.1. The van der Waals surface area contributed by atoms with Crippen LogP contribution in [-0.2, 0) is 16.2 Å². The summed E-state index contributed by atoms with van der Waals surface area (Å²) in [6.45, 7) is 0.427. The lowest BCUT2D eigenvalue weighted by molar-refractivity contribution is -0.206. The number of carbonyl (C=O) groups excluding carboxylic acids is 1. The van der Waals surface area contributed by atoms with Gasteiger partial charge in [0.1, 0.15) is 23.4 Å². The molecule has 0 unspecified atom stereocenters. The van der Waals surface area contributed by atoms with Gasteiger partial charge in [0.15, 0.2) is 11.2 Å². The molecule has 0 bridgehead atoms. The predicted octanol–water partition coefficient (Wildman–Crippen LogP) is 2.19. The summed E-state index contributed by atoms with van der Waals surface area (Å²) in [6, 6.07) is 5.30. The van der Waals surface area contributed by atoms with Crippen LogP contribution in [0.5, 0.6) is 0 Å². The molecular weight excluding hydrogens is 433 g/mol. The molecule has 0 aliphatic carbocycles. The maximum Gasteiger partial charge on any atom is 0.492 e. The van der Waals surface area contributed by atoms with Crippen LogP contribution in [0.2, 0.25) is 0 Å². The number of aromatic nitrogens is 5. The summed E-state index contributed by atoms with van der Waals surface area (Å²) >= 11 is 0. The van der Waals surface area contributed by atoms with Gasteiger partial charge in [0, 0.05) is 18.7 Å². The molecule has 0 atom stereocenters. The van der Waals surface area contributed by atoms with Crippen molar-refractivity contribution in [3.63, 3.8) is 0 Å². The number of fused-ring (bicyclic) bond motifs is 2. The molecule has 14 heteroatoms. The average molecular weight is 450 g/mol. The Morgan fingerprint density at radius 2 is 2.03 bits per heavy atom. The highest BCUT2D eigenvalue weighted by Crippen LogP contribution is 2.32. The number of nitrogens with zero attached hydrogens (tertiary/aromatic N) is 5. The van der Waals surface area contributed by atoms with Crippen LogP contribution < -0.4 is 16.9 Å². The number of hydrogen-bond donors (Lipinski definition) is 3. The maximum atomic E-state index is 12.1.